The fraction of sp³-hybridized carbons (Fsp3) is 0.280. The maximum Gasteiger partial charge on any atom is 0.290 e. The van der Waals surface area contributed by atoms with Crippen molar-refractivity contribution < 1.29 is 23.4 Å². The molecule has 1 aliphatic heterocycles. The molecule has 1 amide bonds. The maximum atomic E-state index is 13.6. The zero-order valence-corrected chi connectivity index (χ0v) is 20.0. The number of ether oxygens (including phenoxy) is 3. The highest BCUT2D eigenvalue weighted by molar-refractivity contribution is 9.10. The van der Waals surface area contributed by atoms with Crippen LogP contribution in [-0.2, 0) is 4.74 Å². The summed E-state index contributed by atoms with van der Waals surface area (Å²) < 4.78 is 23.4. The van der Waals surface area contributed by atoms with Crippen molar-refractivity contribution in [3.8, 4) is 11.5 Å². The summed E-state index contributed by atoms with van der Waals surface area (Å²) in [5.41, 5.74) is 1.15. The predicted molar refractivity (Wildman–Crippen MR) is 128 cm³/mol. The van der Waals surface area contributed by atoms with Gasteiger partial charge >= 0.3 is 0 Å². The van der Waals surface area contributed by atoms with E-state index in [0.717, 1.165) is 4.47 Å². The van der Waals surface area contributed by atoms with E-state index in [9.17, 15) is 9.59 Å². The second-order valence-corrected chi connectivity index (χ2v) is 8.36. The summed E-state index contributed by atoms with van der Waals surface area (Å²) >= 11 is 3.41. The number of nitrogens with zero attached hydrogens (tertiary/aromatic N) is 1. The third-order valence-corrected chi connectivity index (χ3v) is 5.90. The Kier molecular flexibility index (Phi) is 6.85. The topological polar surface area (TPSA) is 78.2 Å². The molecular weight excluding hydrogens is 490 g/mol. The molecule has 2 aromatic carbocycles. The van der Waals surface area contributed by atoms with Gasteiger partial charge in [-0.05, 0) is 42.8 Å². The van der Waals surface area contributed by atoms with Crippen LogP contribution >= 0.6 is 15.9 Å². The molecule has 7 nitrogen and oxygen atoms in total. The lowest BCUT2D eigenvalue weighted by Gasteiger charge is -2.25. The van der Waals surface area contributed by atoms with Crippen molar-refractivity contribution in [3.05, 3.63) is 80.6 Å². The smallest absolute Gasteiger partial charge is 0.290 e. The Labute approximate surface area is 199 Å². The molecule has 3 aromatic rings. The van der Waals surface area contributed by atoms with E-state index in [-0.39, 0.29) is 17.1 Å². The van der Waals surface area contributed by atoms with Crippen molar-refractivity contribution in [2.45, 2.75) is 13.0 Å². The van der Waals surface area contributed by atoms with Crippen molar-refractivity contribution in [2.24, 2.45) is 0 Å². The summed E-state index contributed by atoms with van der Waals surface area (Å²) in [7, 11) is 1.57. The lowest BCUT2D eigenvalue weighted by atomic mass is 9.98. The molecule has 8 heteroatoms. The van der Waals surface area contributed by atoms with Crippen LogP contribution in [0, 0.1) is 0 Å². The Morgan fingerprint density at radius 1 is 1.15 bits per heavy atom. The molecule has 2 heterocycles. The highest BCUT2D eigenvalue weighted by Crippen LogP contribution is 2.41. The van der Waals surface area contributed by atoms with E-state index >= 15 is 0 Å². The molecule has 33 heavy (non-hydrogen) atoms. The van der Waals surface area contributed by atoms with Gasteiger partial charge in [0.1, 0.15) is 12.2 Å². The molecule has 0 N–H and O–H groups in total. The van der Waals surface area contributed by atoms with Crippen molar-refractivity contribution in [1.29, 1.82) is 0 Å². The number of amides is 1. The van der Waals surface area contributed by atoms with Crippen molar-refractivity contribution >= 4 is 32.8 Å². The zero-order chi connectivity index (χ0) is 23.5. The Hall–Kier alpha value is -3.10. The Bertz CT molecular complexity index is 1270. The number of benzene rings is 2. The predicted octanol–water partition coefficient (Wildman–Crippen LogP) is 4.71. The first-order valence-electron chi connectivity index (χ1n) is 10.6. The van der Waals surface area contributed by atoms with Gasteiger partial charge in [-0.1, -0.05) is 34.7 Å². The molecule has 0 aliphatic carbocycles. The van der Waals surface area contributed by atoms with E-state index in [1.165, 1.54) is 0 Å². The standard InChI is InChI=1S/C25H24BrNO6/c1-4-11-32-19-8-6-15(13-20(19)31-5-2)22-21-23(28)17-14-16(26)7-9-18(17)33-24(21)25(29)27(22)10-12-30-3/h4,6-9,13-14,22H,1,5,10-12H2,2-3H3. The van der Waals surface area contributed by atoms with Gasteiger partial charge in [-0.2, -0.15) is 0 Å². The third kappa shape index (κ3) is 4.28. The van der Waals surface area contributed by atoms with E-state index in [1.54, 1.807) is 48.4 Å². The summed E-state index contributed by atoms with van der Waals surface area (Å²) in [6, 6.07) is 9.93. The quantitative estimate of drug-likeness (QED) is 0.385. The molecule has 0 spiro atoms. The lowest BCUT2D eigenvalue weighted by molar-refractivity contribution is 0.0663. The van der Waals surface area contributed by atoms with Crippen LogP contribution in [0.1, 0.15) is 34.6 Å². The van der Waals surface area contributed by atoms with Crippen LogP contribution in [0.5, 0.6) is 11.5 Å². The Morgan fingerprint density at radius 3 is 2.70 bits per heavy atom. The molecule has 1 aliphatic rings. The van der Waals surface area contributed by atoms with Crippen LogP contribution in [0.25, 0.3) is 11.0 Å². The fourth-order valence-electron chi connectivity index (χ4n) is 3.99. The molecule has 1 atom stereocenters. The molecule has 0 bridgehead atoms. The van der Waals surface area contributed by atoms with Gasteiger partial charge < -0.3 is 23.5 Å². The van der Waals surface area contributed by atoms with Gasteiger partial charge in [-0.15, -0.1) is 0 Å². The summed E-state index contributed by atoms with van der Waals surface area (Å²) in [5, 5.41) is 0.408. The Balaban J connectivity index is 1.90. The Morgan fingerprint density at radius 2 is 1.97 bits per heavy atom. The molecule has 1 aromatic heterocycles. The minimum absolute atomic E-state index is 0.0564. The van der Waals surface area contributed by atoms with E-state index in [1.807, 2.05) is 13.0 Å². The molecule has 172 valence electrons. The van der Waals surface area contributed by atoms with Gasteiger partial charge in [-0.25, -0.2) is 0 Å². The number of halogens is 1. The number of hydrogen-bond donors (Lipinski definition) is 0. The SMILES string of the molecule is C=CCOc1ccc(C2c3c(oc4ccc(Br)cc4c3=O)C(=O)N2CCOC)cc1OCC. The van der Waals surface area contributed by atoms with E-state index in [4.69, 9.17) is 18.6 Å². The largest absolute Gasteiger partial charge is 0.490 e. The number of carbonyl (C=O) groups excluding carboxylic acids is 1. The first kappa shape index (κ1) is 23.1. The minimum Gasteiger partial charge on any atom is -0.490 e. The highest BCUT2D eigenvalue weighted by atomic mass is 79.9. The number of methoxy groups -OCH3 is 1. The third-order valence-electron chi connectivity index (χ3n) is 5.40. The summed E-state index contributed by atoms with van der Waals surface area (Å²) in [6.45, 7) is 6.92. The molecule has 0 saturated heterocycles. The van der Waals surface area contributed by atoms with Crippen LogP contribution in [0.2, 0.25) is 0 Å². The average Bonchev–Trinajstić information content (AvgIpc) is 3.09. The normalized spacial score (nSPS) is 15.1. The second-order valence-electron chi connectivity index (χ2n) is 7.45. The van der Waals surface area contributed by atoms with Crippen LogP contribution in [0.15, 0.2) is 62.7 Å². The second kappa shape index (κ2) is 9.80. The number of fused-ring (bicyclic) bond motifs is 2. The number of carbonyl (C=O) groups is 1. The van der Waals surface area contributed by atoms with Crippen LogP contribution in [0.3, 0.4) is 0 Å². The lowest BCUT2D eigenvalue weighted by Crippen LogP contribution is -2.32. The fourth-order valence-corrected chi connectivity index (χ4v) is 4.35. The average molecular weight is 514 g/mol. The van der Waals surface area contributed by atoms with E-state index in [0.29, 0.717) is 60.0 Å². The van der Waals surface area contributed by atoms with Gasteiger partial charge in [0.05, 0.1) is 30.2 Å². The maximum absolute atomic E-state index is 13.6. The summed E-state index contributed by atoms with van der Waals surface area (Å²) in [6.07, 6.45) is 1.65. The summed E-state index contributed by atoms with van der Waals surface area (Å²) in [4.78, 5) is 28.5. The summed E-state index contributed by atoms with van der Waals surface area (Å²) in [5.74, 6) is 0.792. The first-order valence-corrected chi connectivity index (χ1v) is 11.4. The van der Waals surface area contributed by atoms with Gasteiger partial charge in [-0.3, -0.25) is 9.59 Å². The highest BCUT2D eigenvalue weighted by Gasteiger charge is 2.42. The van der Waals surface area contributed by atoms with Crippen molar-refractivity contribution in [3.63, 3.8) is 0 Å². The van der Waals surface area contributed by atoms with Gasteiger partial charge in [0.2, 0.25) is 5.76 Å². The zero-order valence-electron chi connectivity index (χ0n) is 18.4. The monoisotopic (exact) mass is 513 g/mol. The van der Waals surface area contributed by atoms with Crippen LogP contribution in [-0.4, -0.2) is 44.3 Å². The van der Waals surface area contributed by atoms with Crippen molar-refractivity contribution in [1.82, 2.24) is 4.90 Å². The molecule has 0 radical (unpaired) electrons. The molecule has 1 unspecified atom stereocenters. The first-order chi connectivity index (χ1) is 16.0. The molecule has 0 saturated carbocycles. The number of rotatable bonds is 9. The van der Waals surface area contributed by atoms with Crippen LogP contribution in [0.4, 0.5) is 0 Å². The van der Waals surface area contributed by atoms with Crippen molar-refractivity contribution in [2.75, 3.05) is 33.5 Å². The number of hydrogen-bond acceptors (Lipinski definition) is 6. The van der Waals surface area contributed by atoms with Gasteiger partial charge in [0.25, 0.3) is 5.91 Å². The molecular formula is C25H24BrNO6. The van der Waals surface area contributed by atoms with Crippen LogP contribution < -0.4 is 14.9 Å². The van der Waals surface area contributed by atoms with E-state index in [2.05, 4.69) is 22.5 Å². The van der Waals surface area contributed by atoms with E-state index < -0.39 is 6.04 Å². The van der Waals surface area contributed by atoms with Gasteiger partial charge in [0.15, 0.2) is 16.9 Å². The molecule has 0 fully saturated rings. The molecule has 4 rings (SSSR count). The minimum atomic E-state index is -0.644. The van der Waals surface area contributed by atoms with Gasteiger partial charge in [0, 0.05) is 18.1 Å².